The van der Waals surface area contributed by atoms with Gasteiger partial charge in [-0.3, -0.25) is 0 Å². The van der Waals surface area contributed by atoms with Crippen LogP contribution < -0.4 is 16.2 Å². The molecule has 0 aromatic carbocycles. The number of aromatic nitrogens is 2. The summed E-state index contributed by atoms with van der Waals surface area (Å²) in [4.78, 5) is 10.6. The summed E-state index contributed by atoms with van der Waals surface area (Å²) in [5.74, 6) is 7.92. The molecule has 0 unspecified atom stereocenters. The molecule has 0 radical (unpaired) electrons. The zero-order valence-corrected chi connectivity index (χ0v) is 11.9. The number of sulfone groups is 1. The monoisotopic (exact) mass is 285 g/mol. The quantitative estimate of drug-likeness (QED) is 0.565. The third-order valence-corrected chi connectivity index (χ3v) is 3.93. The normalized spacial score (nSPS) is 15.3. The minimum Gasteiger partial charge on any atom is -0.358 e. The molecule has 1 aliphatic rings. The summed E-state index contributed by atoms with van der Waals surface area (Å²) in [6.07, 6.45) is 3.42. The first-order valence-electron chi connectivity index (χ1n) is 6.13. The number of rotatable bonds is 6. The van der Waals surface area contributed by atoms with Crippen LogP contribution in [0.1, 0.15) is 24.6 Å². The maximum absolute atomic E-state index is 11.2. The van der Waals surface area contributed by atoms with E-state index in [0.29, 0.717) is 24.1 Å². The molecule has 0 spiro atoms. The van der Waals surface area contributed by atoms with Crippen molar-refractivity contribution < 1.29 is 8.42 Å². The Morgan fingerprint density at radius 1 is 1.47 bits per heavy atom. The average Bonchev–Trinajstić information content (AvgIpc) is 3.18. The molecule has 0 aliphatic heterocycles. The molecule has 106 valence electrons. The number of nitrogen functional groups attached to an aromatic ring is 1. The summed E-state index contributed by atoms with van der Waals surface area (Å²) in [6, 6.07) is 1.72. The minimum absolute atomic E-state index is 0.0949. The van der Waals surface area contributed by atoms with Crippen LogP contribution in [0.25, 0.3) is 0 Å². The third kappa shape index (κ3) is 4.03. The lowest BCUT2D eigenvalue weighted by molar-refractivity contribution is 0.601. The summed E-state index contributed by atoms with van der Waals surface area (Å²) in [7, 11) is -1.17. The van der Waals surface area contributed by atoms with E-state index in [0.717, 1.165) is 18.7 Å². The molecule has 19 heavy (non-hydrogen) atoms. The van der Waals surface area contributed by atoms with E-state index < -0.39 is 9.84 Å². The standard InChI is InChI=1S/C11H19N5O2S/c1-16(5-6-19(2,17)18)10-7-9(15-12)13-11(14-10)8-3-4-8/h7-8H,3-6,12H2,1-2H3,(H,13,14,15). The minimum atomic E-state index is -2.98. The molecule has 0 saturated heterocycles. The molecule has 0 atom stereocenters. The van der Waals surface area contributed by atoms with Crippen LogP contribution in [0, 0.1) is 0 Å². The lowest BCUT2D eigenvalue weighted by Crippen LogP contribution is -2.26. The molecular weight excluding hydrogens is 266 g/mol. The smallest absolute Gasteiger partial charge is 0.149 e. The molecule has 0 bridgehead atoms. The molecule has 8 heteroatoms. The Morgan fingerprint density at radius 2 is 2.16 bits per heavy atom. The third-order valence-electron chi connectivity index (χ3n) is 3.01. The highest BCUT2D eigenvalue weighted by molar-refractivity contribution is 7.90. The summed E-state index contributed by atoms with van der Waals surface area (Å²) in [6.45, 7) is 0.393. The van der Waals surface area contributed by atoms with Gasteiger partial charge >= 0.3 is 0 Å². The van der Waals surface area contributed by atoms with Crippen molar-refractivity contribution in [1.29, 1.82) is 0 Å². The Balaban J connectivity index is 2.15. The van der Waals surface area contributed by atoms with Gasteiger partial charge in [-0.2, -0.15) is 0 Å². The highest BCUT2D eigenvalue weighted by Crippen LogP contribution is 2.39. The van der Waals surface area contributed by atoms with Crippen LogP contribution >= 0.6 is 0 Å². The highest BCUT2D eigenvalue weighted by Gasteiger charge is 2.27. The fourth-order valence-electron chi connectivity index (χ4n) is 1.66. The van der Waals surface area contributed by atoms with E-state index in [1.165, 1.54) is 6.26 Å². The first-order chi connectivity index (χ1) is 8.89. The summed E-state index contributed by atoms with van der Waals surface area (Å²) in [5.41, 5.74) is 2.52. The first-order valence-corrected chi connectivity index (χ1v) is 8.19. The Labute approximate surface area is 113 Å². The van der Waals surface area contributed by atoms with Gasteiger partial charge in [0.1, 0.15) is 27.3 Å². The van der Waals surface area contributed by atoms with Crippen LogP contribution in [0.3, 0.4) is 0 Å². The van der Waals surface area contributed by atoms with Crippen molar-refractivity contribution in [2.75, 3.05) is 35.9 Å². The highest BCUT2D eigenvalue weighted by atomic mass is 32.2. The molecule has 7 nitrogen and oxygen atoms in total. The van der Waals surface area contributed by atoms with Crippen molar-refractivity contribution in [1.82, 2.24) is 9.97 Å². The summed E-state index contributed by atoms with van der Waals surface area (Å²) >= 11 is 0. The summed E-state index contributed by atoms with van der Waals surface area (Å²) in [5, 5.41) is 0. The SMILES string of the molecule is CN(CCS(C)(=O)=O)c1cc(NN)nc(C2CC2)n1. The van der Waals surface area contributed by atoms with Gasteiger partial charge in [-0.05, 0) is 12.8 Å². The molecule has 0 amide bonds. The molecule has 2 rings (SSSR count). The van der Waals surface area contributed by atoms with E-state index in [1.54, 1.807) is 11.0 Å². The predicted molar refractivity (Wildman–Crippen MR) is 74.8 cm³/mol. The predicted octanol–water partition coefficient (Wildman–Crippen LogP) is 0.120. The molecule has 1 aromatic rings. The van der Waals surface area contributed by atoms with E-state index in [2.05, 4.69) is 15.4 Å². The van der Waals surface area contributed by atoms with Crippen LogP contribution in [0.15, 0.2) is 6.07 Å². The van der Waals surface area contributed by atoms with Crippen molar-refractivity contribution in [2.24, 2.45) is 5.84 Å². The molecule has 1 saturated carbocycles. The van der Waals surface area contributed by atoms with Crippen molar-refractivity contribution in [3.63, 3.8) is 0 Å². The van der Waals surface area contributed by atoms with E-state index in [1.807, 2.05) is 7.05 Å². The number of anilines is 2. The number of hydrogen-bond donors (Lipinski definition) is 2. The fourth-order valence-corrected chi connectivity index (χ4v) is 2.27. The van der Waals surface area contributed by atoms with Crippen LogP contribution in [-0.4, -0.2) is 44.0 Å². The average molecular weight is 285 g/mol. The maximum Gasteiger partial charge on any atom is 0.149 e. The van der Waals surface area contributed by atoms with Gasteiger partial charge in [0.15, 0.2) is 0 Å². The van der Waals surface area contributed by atoms with Gasteiger partial charge in [0.05, 0.1) is 5.75 Å². The van der Waals surface area contributed by atoms with Gasteiger partial charge in [-0.15, -0.1) is 0 Å². The maximum atomic E-state index is 11.2. The number of hydrazine groups is 1. The van der Waals surface area contributed by atoms with Crippen molar-refractivity contribution in [3.8, 4) is 0 Å². The Bertz CT molecular complexity index is 556. The number of nitrogens with one attached hydrogen (secondary N) is 1. The van der Waals surface area contributed by atoms with Crippen LogP contribution in [0.2, 0.25) is 0 Å². The molecule has 3 N–H and O–H groups in total. The Hall–Kier alpha value is -1.41. The molecule has 1 aliphatic carbocycles. The first kappa shape index (κ1) is 14.0. The zero-order valence-electron chi connectivity index (χ0n) is 11.1. The van der Waals surface area contributed by atoms with E-state index in [4.69, 9.17) is 5.84 Å². The van der Waals surface area contributed by atoms with Gasteiger partial charge < -0.3 is 10.3 Å². The lowest BCUT2D eigenvalue weighted by atomic mass is 10.3. The van der Waals surface area contributed by atoms with Crippen molar-refractivity contribution in [3.05, 3.63) is 11.9 Å². The van der Waals surface area contributed by atoms with Crippen molar-refractivity contribution in [2.45, 2.75) is 18.8 Å². The topological polar surface area (TPSA) is 101 Å². The van der Waals surface area contributed by atoms with Crippen molar-refractivity contribution >= 4 is 21.5 Å². The number of nitrogens with zero attached hydrogens (tertiary/aromatic N) is 3. The molecule has 1 heterocycles. The van der Waals surface area contributed by atoms with Gasteiger partial charge in [-0.25, -0.2) is 24.2 Å². The van der Waals surface area contributed by atoms with Gasteiger partial charge in [-0.1, -0.05) is 0 Å². The second kappa shape index (κ2) is 5.30. The van der Waals surface area contributed by atoms with E-state index in [9.17, 15) is 8.42 Å². The molecule has 1 aromatic heterocycles. The van der Waals surface area contributed by atoms with Gasteiger partial charge in [0.25, 0.3) is 0 Å². The van der Waals surface area contributed by atoms with E-state index in [-0.39, 0.29) is 5.75 Å². The zero-order chi connectivity index (χ0) is 14.0. The Morgan fingerprint density at radius 3 is 2.68 bits per heavy atom. The fraction of sp³-hybridized carbons (Fsp3) is 0.636. The van der Waals surface area contributed by atoms with Gasteiger partial charge in [0, 0.05) is 31.8 Å². The second-order valence-corrected chi connectivity index (χ2v) is 7.20. The summed E-state index contributed by atoms with van der Waals surface area (Å²) < 4.78 is 22.4. The number of nitrogens with two attached hydrogens (primary N) is 1. The molecular formula is C11H19N5O2S. The number of hydrogen-bond acceptors (Lipinski definition) is 7. The largest absolute Gasteiger partial charge is 0.358 e. The van der Waals surface area contributed by atoms with Gasteiger partial charge in [0.2, 0.25) is 0 Å². The lowest BCUT2D eigenvalue weighted by Gasteiger charge is -2.19. The van der Waals surface area contributed by atoms with E-state index >= 15 is 0 Å². The van der Waals surface area contributed by atoms with Crippen LogP contribution in [0.5, 0.6) is 0 Å². The van der Waals surface area contributed by atoms with Crippen LogP contribution in [0.4, 0.5) is 11.6 Å². The Kier molecular flexibility index (Phi) is 3.91. The second-order valence-electron chi connectivity index (χ2n) is 4.94. The molecule has 1 fully saturated rings. The van der Waals surface area contributed by atoms with Crippen LogP contribution in [-0.2, 0) is 9.84 Å².